The summed E-state index contributed by atoms with van der Waals surface area (Å²) >= 11 is 0. The molecule has 0 amide bonds. The standard InChI is InChI=1S/C13H18O2/c1-11(10-13(14)15)6-5-9-12-7-3-2-4-8-12/h2-4,7-8,11H,5-6,9-10H2,1H3,(H,14,15). The van der Waals surface area contributed by atoms with Crippen molar-refractivity contribution in [3.8, 4) is 0 Å². The van der Waals surface area contributed by atoms with E-state index in [4.69, 9.17) is 5.11 Å². The van der Waals surface area contributed by atoms with Gasteiger partial charge in [-0.1, -0.05) is 37.3 Å². The zero-order chi connectivity index (χ0) is 11.1. The molecule has 0 saturated heterocycles. The molecule has 0 fully saturated rings. The number of carboxylic acid groups (broad SMARTS) is 1. The third-order valence-electron chi connectivity index (χ3n) is 2.53. The molecule has 0 aliphatic carbocycles. The monoisotopic (exact) mass is 206 g/mol. The predicted molar refractivity (Wildman–Crippen MR) is 60.8 cm³/mol. The molecule has 0 aromatic heterocycles. The van der Waals surface area contributed by atoms with Gasteiger partial charge < -0.3 is 5.11 Å². The number of hydrogen-bond donors (Lipinski definition) is 1. The van der Waals surface area contributed by atoms with Crippen LogP contribution in [0.3, 0.4) is 0 Å². The number of carbonyl (C=O) groups is 1. The van der Waals surface area contributed by atoms with Gasteiger partial charge in [0.15, 0.2) is 0 Å². The molecule has 0 saturated carbocycles. The predicted octanol–water partition coefficient (Wildman–Crippen LogP) is 3.12. The molecule has 2 heteroatoms. The van der Waals surface area contributed by atoms with Gasteiger partial charge in [-0.3, -0.25) is 4.79 Å². The van der Waals surface area contributed by atoms with Crippen LogP contribution in [0.5, 0.6) is 0 Å². The molecule has 0 radical (unpaired) electrons. The van der Waals surface area contributed by atoms with E-state index in [2.05, 4.69) is 12.1 Å². The first-order valence-electron chi connectivity index (χ1n) is 5.44. The highest BCUT2D eigenvalue weighted by molar-refractivity contribution is 5.66. The van der Waals surface area contributed by atoms with E-state index in [9.17, 15) is 4.79 Å². The van der Waals surface area contributed by atoms with E-state index < -0.39 is 5.97 Å². The Morgan fingerprint density at radius 1 is 1.33 bits per heavy atom. The Balaban J connectivity index is 2.19. The van der Waals surface area contributed by atoms with E-state index in [1.807, 2.05) is 25.1 Å². The van der Waals surface area contributed by atoms with Gasteiger partial charge in [0.05, 0.1) is 0 Å². The summed E-state index contributed by atoms with van der Waals surface area (Å²) in [5.74, 6) is -0.409. The lowest BCUT2D eigenvalue weighted by molar-refractivity contribution is -0.138. The molecule has 0 aliphatic rings. The number of aliphatic carboxylic acids is 1. The summed E-state index contributed by atoms with van der Waals surface area (Å²) < 4.78 is 0. The van der Waals surface area contributed by atoms with Gasteiger partial charge in [0.25, 0.3) is 0 Å². The molecule has 1 aromatic rings. The third-order valence-corrected chi connectivity index (χ3v) is 2.53. The van der Waals surface area contributed by atoms with Gasteiger partial charge in [0.1, 0.15) is 0 Å². The Hall–Kier alpha value is -1.31. The van der Waals surface area contributed by atoms with Gasteiger partial charge >= 0.3 is 5.97 Å². The van der Waals surface area contributed by atoms with Gasteiger partial charge in [-0.05, 0) is 30.7 Å². The van der Waals surface area contributed by atoms with Crippen LogP contribution in [0, 0.1) is 5.92 Å². The summed E-state index contributed by atoms with van der Waals surface area (Å²) in [6.07, 6.45) is 3.39. The van der Waals surface area contributed by atoms with Crippen molar-refractivity contribution in [3.63, 3.8) is 0 Å². The Morgan fingerprint density at radius 2 is 2.00 bits per heavy atom. The topological polar surface area (TPSA) is 37.3 Å². The lowest BCUT2D eigenvalue weighted by Gasteiger charge is -2.07. The van der Waals surface area contributed by atoms with Crippen molar-refractivity contribution in [1.82, 2.24) is 0 Å². The summed E-state index contributed by atoms with van der Waals surface area (Å²) in [6, 6.07) is 10.3. The van der Waals surface area contributed by atoms with Crippen LogP contribution >= 0.6 is 0 Å². The maximum absolute atomic E-state index is 10.4. The van der Waals surface area contributed by atoms with Crippen molar-refractivity contribution >= 4 is 5.97 Å². The molecule has 0 spiro atoms. The highest BCUT2D eigenvalue weighted by Crippen LogP contribution is 2.13. The minimum atomic E-state index is -0.692. The van der Waals surface area contributed by atoms with Crippen LogP contribution in [0.1, 0.15) is 31.7 Å². The molecule has 1 atom stereocenters. The molecule has 82 valence electrons. The summed E-state index contributed by atoms with van der Waals surface area (Å²) in [4.78, 5) is 10.4. The quantitative estimate of drug-likeness (QED) is 0.776. The van der Waals surface area contributed by atoms with E-state index in [1.165, 1.54) is 5.56 Å². The van der Waals surface area contributed by atoms with Gasteiger partial charge in [0, 0.05) is 6.42 Å². The van der Waals surface area contributed by atoms with Crippen LogP contribution in [-0.4, -0.2) is 11.1 Å². The molecule has 0 aliphatic heterocycles. The average Bonchev–Trinajstić information content (AvgIpc) is 2.18. The number of aryl methyl sites for hydroxylation is 1. The minimum absolute atomic E-state index is 0.284. The van der Waals surface area contributed by atoms with Gasteiger partial charge in [-0.25, -0.2) is 0 Å². The van der Waals surface area contributed by atoms with E-state index >= 15 is 0 Å². The summed E-state index contributed by atoms with van der Waals surface area (Å²) in [5.41, 5.74) is 1.33. The maximum Gasteiger partial charge on any atom is 0.303 e. The van der Waals surface area contributed by atoms with Crippen molar-refractivity contribution < 1.29 is 9.90 Å². The third kappa shape index (κ3) is 5.21. The van der Waals surface area contributed by atoms with Crippen molar-refractivity contribution in [2.75, 3.05) is 0 Å². The number of hydrogen-bond acceptors (Lipinski definition) is 1. The van der Waals surface area contributed by atoms with Crippen molar-refractivity contribution in [3.05, 3.63) is 35.9 Å². The Bertz CT molecular complexity index is 293. The lowest BCUT2D eigenvalue weighted by atomic mass is 9.98. The van der Waals surface area contributed by atoms with Crippen LogP contribution in [0.15, 0.2) is 30.3 Å². The van der Waals surface area contributed by atoms with Gasteiger partial charge in [-0.15, -0.1) is 0 Å². The van der Waals surface area contributed by atoms with E-state index in [0.717, 1.165) is 19.3 Å². The fraction of sp³-hybridized carbons (Fsp3) is 0.462. The Labute approximate surface area is 90.9 Å². The molecular weight excluding hydrogens is 188 g/mol. The van der Waals surface area contributed by atoms with Crippen molar-refractivity contribution in [2.24, 2.45) is 5.92 Å². The van der Waals surface area contributed by atoms with Crippen LogP contribution in [0.4, 0.5) is 0 Å². The van der Waals surface area contributed by atoms with Crippen molar-refractivity contribution in [1.29, 1.82) is 0 Å². The van der Waals surface area contributed by atoms with E-state index in [0.29, 0.717) is 0 Å². The highest BCUT2D eigenvalue weighted by atomic mass is 16.4. The number of carboxylic acids is 1. The zero-order valence-electron chi connectivity index (χ0n) is 9.15. The normalized spacial score (nSPS) is 12.3. The first-order valence-corrected chi connectivity index (χ1v) is 5.44. The fourth-order valence-corrected chi connectivity index (χ4v) is 1.70. The highest BCUT2D eigenvalue weighted by Gasteiger charge is 2.06. The first-order chi connectivity index (χ1) is 7.18. The smallest absolute Gasteiger partial charge is 0.303 e. The molecule has 15 heavy (non-hydrogen) atoms. The van der Waals surface area contributed by atoms with Gasteiger partial charge in [0.2, 0.25) is 0 Å². The Kier molecular flexibility index (Phi) is 4.88. The molecule has 2 nitrogen and oxygen atoms in total. The molecule has 1 N–H and O–H groups in total. The average molecular weight is 206 g/mol. The number of benzene rings is 1. The van der Waals surface area contributed by atoms with Crippen LogP contribution in [-0.2, 0) is 11.2 Å². The van der Waals surface area contributed by atoms with Crippen LogP contribution in [0.25, 0.3) is 0 Å². The SMILES string of the molecule is CC(CCCc1ccccc1)CC(=O)O. The fourth-order valence-electron chi connectivity index (χ4n) is 1.70. The minimum Gasteiger partial charge on any atom is -0.481 e. The van der Waals surface area contributed by atoms with Gasteiger partial charge in [-0.2, -0.15) is 0 Å². The van der Waals surface area contributed by atoms with E-state index in [1.54, 1.807) is 0 Å². The summed E-state index contributed by atoms with van der Waals surface area (Å²) in [6.45, 7) is 2.00. The second-order valence-electron chi connectivity index (χ2n) is 4.08. The molecule has 0 bridgehead atoms. The molecule has 1 unspecified atom stereocenters. The largest absolute Gasteiger partial charge is 0.481 e. The summed E-state index contributed by atoms with van der Waals surface area (Å²) in [7, 11) is 0. The van der Waals surface area contributed by atoms with E-state index in [-0.39, 0.29) is 12.3 Å². The summed E-state index contributed by atoms with van der Waals surface area (Å²) in [5, 5.41) is 8.60. The second-order valence-corrected chi connectivity index (χ2v) is 4.08. The van der Waals surface area contributed by atoms with Crippen LogP contribution in [0.2, 0.25) is 0 Å². The second kappa shape index (κ2) is 6.23. The zero-order valence-corrected chi connectivity index (χ0v) is 9.15. The molecule has 1 aromatic carbocycles. The molecule has 1 rings (SSSR count). The van der Waals surface area contributed by atoms with Crippen LogP contribution < -0.4 is 0 Å². The lowest BCUT2D eigenvalue weighted by Crippen LogP contribution is -2.04. The molecular formula is C13H18O2. The first kappa shape index (κ1) is 11.8. The van der Waals surface area contributed by atoms with Crippen molar-refractivity contribution in [2.45, 2.75) is 32.6 Å². The molecule has 0 heterocycles. The maximum atomic E-state index is 10.4. The number of rotatable bonds is 6. The Morgan fingerprint density at radius 3 is 2.60 bits per heavy atom.